The lowest BCUT2D eigenvalue weighted by molar-refractivity contribution is -0.116. The van der Waals surface area contributed by atoms with E-state index in [0.717, 1.165) is 5.76 Å². The number of methoxy groups -OCH3 is 1. The minimum Gasteiger partial charge on any atom is -0.501 e. The summed E-state index contributed by atoms with van der Waals surface area (Å²) < 4.78 is 5.01. The molecule has 0 saturated heterocycles. The van der Waals surface area contributed by atoms with Crippen LogP contribution in [0, 0.1) is 5.92 Å². The van der Waals surface area contributed by atoms with Gasteiger partial charge < -0.3 is 4.74 Å². The van der Waals surface area contributed by atoms with E-state index in [0.29, 0.717) is 12.3 Å². The van der Waals surface area contributed by atoms with E-state index in [-0.39, 0.29) is 5.78 Å². The molecule has 0 atom stereocenters. The van der Waals surface area contributed by atoms with Crippen LogP contribution >= 0.6 is 0 Å². The van der Waals surface area contributed by atoms with Crippen molar-refractivity contribution in [2.45, 2.75) is 27.2 Å². The van der Waals surface area contributed by atoms with Gasteiger partial charge in [0.15, 0.2) is 0 Å². The minimum atomic E-state index is 0.138. The molecule has 0 aromatic rings. The van der Waals surface area contributed by atoms with Crippen molar-refractivity contribution >= 4 is 5.78 Å². The molecule has 0 unspecified atom stereocenters. The fraction of sp³-hybridized carbons (Fsp3) is 0.667. The Labute approximate surface area is 68.2 Å². The van der Waals surface area contributed by atoms with Crippen LogP contribution in [0.15, 0.2) is 11.8 Å². The number of Topliss-reactive ketones (excluding diaryl/α,β-unsaturated/α-hetero) is 1. The van der Waals surface area contributed by atoms with Gasteiger partial charge in [-0.15, -0.1) is 0 Å². The number of rotatable bonds is 4. The molecule has 0 aliphatic heterocycles. The number of ketones is 1. The topological polar surface area (TPSA) is 26.3 Å². The van der Waals surface area contributed by atoms with Crippen molar-refractivity contribution in [3.8, 4) is 0 Å². The van der Waals surface area contributed by atoms with Gasteiger partial charge in [0.25, 0.3) is 0 Å². The second kappa shape index (κ2) is 4.94. The molecule has 0 radical (unpaired) electrons. The summed E-state index contributed by atoms with van der Waals surface area (Å²) in [5.41, 5.74) is 0. The van der Waals surface area contributed by atoms with E-state index in [2.05, 4.69) is 13.8 Å². The van der Waals surface area contributed by atoms with Crippen LogP contribution in [0.4, 0.5) is 0 Å². The molecular formula is C9H16O2. The smallest absolute Gasteiger partial charge is 0.137 e. The van der Waals surface area contributed by atoms with Gasteiger partial charge in [0.05, 0.1) is 19.3 Å². The first-order valence-corrected chi connectivity index (χ1v) is 3.80. The Morgan fingerprint density at radius 3 is 2.36 bits per heavy atom. The molecule has 0 rings (SSSR count). The molecule has 0 amide bonds. The van der Waals surface area contributed by atoms with Gasteiger partial charge in [0.2, 0.25) is 0 Å². The van der Waals surface area contributed by atoms with Crippen molar-refractivity contribution in [2.75, 3.05) is 7.11 Å². The van der Waals surface area contributed by atoms with Gasteiger partial charge in [-0.05, 0) is 18.9 Å². The standard InChI is InChI=1S/C9H16O2/c1-7(2)5-9(11-4)6-8(3)10/h5,7H,6H2,1-4H3. The second-order valence-electron chi connectivity index (χ2n) is 2.96. The molecule has 64 valence electrons. The maximum Gasteiger partial charge on any atom is 0.137 e. The van der Waals surface area contributed by atoms with Crippen LogP contribution in [0.1, 0.15) is 27.2 Å². The highest BCUT2D eigenvalue weighted by Gasteiger charge is 2.01. The number of ether oxygens (including phenoxy) is 1. The van der Waals surface area contributed by atoms with Gasteiger partial charge in [-0.1, -0.05) is 13.8 Å². The van der Waals surface area contributed by atoms with Gasteiger partial charge in [0.1, 0.15) is 5.78 Å². The zero-order valence-corrected chi connectivity index (χ0v) is 7.68. The van der Waals surface area contributed by atoms with E-state index < -0.39 is 0 Å². The minimum absolute atomic E-state index is 0.138. The molecule has 0 N–H and O–H groups in total. The molecule has 0 spiro atoms. The lowest BCUT2D eigenvalue weighted by Crippen LogP contribution is -1.97. The first-order chi connectivity index (χ1) is 5.06. The van der Waals surface area contributed by atoms with Crippen LogP contribution < -0.4 is 0 Å². The van der Waals surface area contributed by atoms with Crippen molar-refractivity contribution < 1.29 is 9.53 Å². The van der Waals surface area contributed by atoms with Crippen LogP contribution in [-0.4, -0.2) is 12.9 Å². The third kappa shape index (κ3) is 5.64. The largest absolute Gasteiger partial charge is 0.501 e. The van der Waals surface area contributed by atoms with Crippen LogP contribution in [0.3, 0.4) is 0 Å². The van der Waals surface area contributed by atoms with E-state index in [1.54, 1.807) is 14.0 Å². The van der Waals surface area contributed by atoms with Crippen molar-refractivity contribution in [1.82, 2.24) is 0 Å². The fourth-order valence-electron chi connectivity index (χ4n) is 0.816. The molecule has 0 aromatic heterocycles. The van der Waals surface area contributed by atoms with Crippen LogP contribution in [0.2, 0.25) is 0 Å². The predicted molar refractivity (Wildman–Crippen MR) is 45.2 cm³/mol. The molecule has 0 heterocycles. The fourth-order valence-corrected chi connectivity index (χ4v) is 0.816. The summed E-state index contributed by atoms with van der Waals surface area (Å²) in [6.45, 7) is 5.67. The maximum absolute atomic E-state index is 10.7. The zero-order valence-electron chi connectivity index (χ0n) is 7.68. The number of carbonyl (C=O) groups is 1. The molecule has 11 heavy (non-hydrogen) atoms. The lowest BCUT2D eigenvalue weighted by atomic mass is 10.1. The molecule has 0 fully saturated rings. The average molecular weight is 156 g/mol. The Morgan fingerprint density at radius 2 is 2.09 bits per heavy atom. The normalized spacial score (nSPS) is 11.9. The summed E-state index contributed by atoms with van der Waals surface area (Å²) in [5.74, 6) is 1.34. The van der Waals surface area contributed by atoms with Gasteiger partial charge in [-0.25, -0.2) is 0 Å². The summed E-state index contributed by atoms with van der Waals surface area (Å²) >= 11 is 0. The van der Waals surface area contributed by atoms with Crippen LogP contribution in [0.25, 0.3) is 0 Å². The lowest BCUT2D eigenvalue weighted by Gasteiger charge is -2.04. The Morgan fingerprint density at radius 1 is 1.55 bits per heavy atom. The Bertz CT molecular complexity index is 157. The Balaban J connectivity index is 4.05. The molecule has 2 nitrogen and oxygen atoms in total. The van der Waals surface area contributed by atoms with Crippen molar-refractivity contribution in [3.05, 3.63) is 11.8 Å². The maximum atomic E-state index is 10.7. The van der Waals surface area contributed by atoms with E-state index in [4.69, 9.17) is 4.74 Å². The van der Waals surface area contributed by atoms with Gasteiger partial charge >= 0.3 is 0 Å². The summed E-state index contributed by atoms with van der Waals surface area (Å²) in [4.78, 5) is 10.7. The third-order valence-corrected chi connectivity index (χ3v) is 1.20. The summed E-state index contributed by atoms with van der Waals surface area (Å²) in [6, 6.07) is 0. The molecule has 0 aliphatic rings. The molecule has 0 aromatic carbocycles. The second-order valence-corrected chi connectivity index (χ2v) is 2.96. The summed E-state index contributed by atoms with van der Waals surface area (Å²) in [5, 5.41) is 0. The van der Waals surface area contributed by atoms with E-state index in [1.807, 2.05) is 6.08 Å². The highest BCUT2D eigenvalue weighted by atomic mass is 16.5. The Kier molecular flexibility index (Phi) is 4.59. The molecule has 2 heteroatoms. The third-order valence-electron chi connectivity index (χ3n) is 1.20. The number of carbonyl (C=O) groups excluding carboxylic acids is 1. The van der Waals surface area contributed by atoms with Crippen LogP contribution in [0.5, 0.6) is 0 Å². The highest BCUT2D eigenvalue weighted by Crippen LogP contribution is 2.07. The van der Waals surface area contributed by atoms with E-state index in [1.165, 1.54) is 0 Å². The monoisotopic (exact) mass is 156 g/mol. The first-order valence-electron chi connectivity index (χ1n) is 3.80. The summed E-state index contributed by atoms with van der Waals surface area (Å²) in [7, 11) is 1.59. The molecular weight excluding hydrogens is 140 g/mol. The average Bonchev–Trinajstić information content (AvgIpc) is 1.84. The first kappa shape index (κ1) is 10.2. The van der Waals surface area contributed by atoms with E-state index >= 15 is 0 Å². The highest BCUT2D eigenvalue weighted by molar-refractivity contribution is 5.77. The number of allylic oxidation sites excluding steroid dienone is 2. The van der Waals surface area contributed by atoms with Crippen molar-refractivity contribution in [3.63, 3.8) is 0 Å². The number of hydrogen-bond donors (Lipinski definition) is 0. The quantitative estimate of drug-likeness (QED) is 0.583. The van der Waals surface area contributed by atoms with E-state index in [9.17, 15) is 4.79 Å². The molecule has 0 saturated carbocycles. The molecule has 0 bridgehead atoms. The zero-order chi connectivity index (χ0) is 8.85. The molecule has 0 aliphatic carbocycles. The summed E-state index contributed by atoms with van der Waals surface area (Å²) in [6.07, 6.45) is 2.37. The number of hydrogen-bond acceptors (Lipinski definition) is 2. The van der Waals surface area contributed by atoms with Crippen molar-refractivity contribution in [1.29, 1.82) is 0 Å². The predicted octanol–water partition coefficient (Wildman–Crippen LogP) is 2.15. The SMILES string of the molecule is COC(=CC(C)C)CC(C)=O. The van der Waals surface area contributed by atoms with Crippen molar-refractivity contribution in [2.24, 2.45) is 5.92 Å². The van der Waals surface area contributed by atoms with Gasteiger partial charge in [0, 0.05) is 0 Å². The Hall–Kier alpha value is -0.790. The van der Waals surface area contributed by atoms with Crippen LogP contribution in [-0.2, 0) is 9.53 Å². The van der Waals surface area contributed by atoms with Gasteiger partial charge in [-0.3, -0.25) is 4.79 Å². The van der Waals surface area contributed by atoms with Gasteiger partial charge in [-0.2, -0.15) is 0 Å².